The molecule has 7 nitrogen and oxygen atoms in total. The predicted molar refractivity (Wildman–Crippen MR) is 132 cm³/mol. The molecule has 2 aliphatic heterocycles. The lowest BCUT2D eigenvalue weighted by Crippen LogP contribution is -2.31. The van der Waals surface area contributed by atoms with Gasteiger partial charge in [0.1, 0.15) is 0 Å². The molecule has 0 spiro atoms. The standard InChI is InChI=1S/C27H24F2N2O5S/c28-27(29)12-13-31(16-27)37(33,34)22-7-4-18(5-8-22)19-2-1-3-21(14-19)30-25(32)26(10-11-26)20-6-9-23-24(15-20)36-17-35-23/h1-9,14-15H,10-13,16-17H2,(H,30,32). The van der Waals surface area contributed by atoms with Crippen LogP contribution >= 0.6 is 0 Å². The summed E-state index contributed by atoms with van der Waals surface area (Å²) in [6, 6.07) is 19.0. The lowest BCUT2D eigenvalue weighted by atomic mass is 9.94. The molecule has 1 saturated carbocycles. The van der Waals surface area contributed by atoms with Crippen molar-refractivity contribution in [3.8, 4) is 22.6 Å². The van der Waals surface area contributed by atoms with Crippen LogP contribution in [0.3, 0.4) is 0 Å². The van der Waals surface area contributed by atoms with Gasteiger partial charge in [-0.3, -0.25) is 4.79 Å². The van der Waals surface area contributed by atoms with E-state index in [9.17, 15) is 22.0 Å². The minimum Gasteiger partial charge on any atom is -0.454 e. The Balaban J connectivity index is 1.18. The quantitative estimate of drug-likeness (QED) is 0.500. The first kappa shape index (κ1) is 23.9. The maximum Gasteiger partial charge on any atom is 0.262 e. The van der Waals surface area contributed by atoms with Gasteiger partial charge in [0.15, 0.2) is 11.5 Å². The normalized spacial score (nSPS) is 19.5. The summed E-state index contributed by atoms with van der Waals surface area (Å²) < 4.78 is 64.2. The minimum absolute atomic E-state index is 0.0298. The highest BCUT2D eigenvalue weighted by atomic mass is 32.2. The van der Waals surface area contributed by atoms with E-state index in [0.29, 0.717) is 17.2 Å². The Morgan fingerprint density at radius 3 is 2.35 bits per heavy atom. The van der Waals surface area contributed by atoms with Crippen molar-refractivity contribution in [2.45, 2.75) is 35.5 Å². The van der Waals surface area contributed by atoms with Crippen LogP contribution in [0.1, 0.15) is 24.8 Å². The molecule has 3 aliphatic rings. The van der Waals surface area contributed by atoms with Crippen LogP contribution in [0.2, 0.25) is 0 Å². The third-order valence-corrected chi connectivity index (χ3v) is 9.05. The lowest BCUT2D eigenvalue weighted by Gasteiger charge is -2.17. The molecule has 0 aromatic heterocycles. The summed E-state index contributed by atoms with van der Waals surface area (Å²) in [6.07, 6.45) is 0.993. The number of nitrogens with one attached hydrogen (secondary N) is 1. The van der Waals surface area contributed by atoms with Crippen molar-refractivity contribution in [1.82, 2.24) is 4.31 Å². The second kappa shape index (κ2) is 8.53. The van der Waals surface area contributed by atoms with Gasteiger partial charge in [0.2, 0.25) is 22.7 Å². The Bertz CT molecular complexity index is 1490. The summed E-state index contributed by atoms with van der Waals surface area (Å²) in [7, 11) is -3.99. The van der Waals surface area contributed by atoms with Crippen LogP contribution in [0.4, 0.5) is 14.5 Å². The van der Waals surface area contributed by atoms with Crippen LogP contribution in [0, 0.1) is 0 Å². The number of alkyl halides is 2. The molecule has 10 heteroatoms. The van der Waals surface area contributed by atoms with Gasteiger partial charge in [-0.2, -0.15) is 4.31 Å². The number of anilines is 1. The third kappa shape index (κ3) is 4.34. The summed E-state index contributed by atoms with van der Waals surface area (Å²) >= 11 is 0. The molecule has 1 saturated heterocycles. The molecule has 0 unspecified atom stereocenters. The number of amides is 1. The summed E-state index contributed by atoms with van der Waals surface area (Å²) in [5.74, 6) is -1.79. The van der Waals surface area contributed by atoms with E-state index in [0.717, 1.165) is 33.8 Å². The first-order valence-corrected chi connectivity index (χ1v) is 13.4. The van der Waals surface area contributed by atoms with E-state index in [1.54, 1.807) is 18.2 Å². The number of hydrogen-bond donors (Lipinski definition) is 1. The van der Waals surface area contributed by atoms with Gasteiger partial charge in [0.05, 0.1) is 16.9 Å². The van der Waals surface area contributed by atoms with E-state index >= 15 is 0 Å². The molecule has 3 aromatic carbocycles. The average Bonchev–Trinajstić information content (AvgIpc) is 3.42. The van der Waals surface area contributed by atoms with E-state index in [4.69, 9.17) is 9.47 Å². The largest absolute Gasteiger partial charge is 0.454 e. The number of sulfonamides is 1. The number of carbonyl (C=O) groups excluding carboxylic acids is 1. The lowest BCUT2D eigenvalue weighted by molar-refractivity contribution is -0.118. The van der Waals surface area contributed by atoms with Crippen LogP contribution < -0.4 is 14.8 Å². The topological polar surface area (TPSA) is 84.9 Å². The highest BCUT2D eigenvalue weighted by Gasteiger charge is 2.51. The molecule has 0 atom stereocenters. The van der Waals surface area contributed by atoms with Crippen molar-refractivity contribution in [3.63, 3.8) is 0 Å². The second-order valence-corrected chi connectivity index (χ2v) is 11.6. The van der Waals surface area contributed by atoms with Crippen molar-refractivity contribution in [2.24, 2.45) is 0 Å². The number of carbonyl (C=O) groups is 1. The maximum atomic E-state index is 13.5. The van der Waals surface area contributed by atoms with E-state index < -0.39 is 34.3 Å². The smallest absolute Gasteiger partial charge is 0.262 e. The minimum atomic E-state index is -3.99. The molecule has 6 rings (SSSR count). The van der Waals surface area contributed by atoms with Crippen LogP contribution in [-0.4, -0.2) is 44.4 Å². The van der Waals surface area contributed by atoms with Gasteiger partial charge in [0, 0.05) is 18.7 Å². The predicted octanol–water partition coefficient (Wildman–Crippen LogP) is 4.78. The molecule has 192 valence electrons. The Kier molecular flexibility index (Phi) is 5.50. The first-order chi connectivity index (χ1) is 17.7. The molecule has 2 fully saturated rings. The molecule has 1 N–H and O–H groups in total. The third-order valence-electron chi connectivity index (χ3n) is 7.19. The highest BCUT2D eigenvalue weighted by Crippen LogP contribution is 2.51. The molecule has 37 heavy (non-hydrogen) atoms. The van der Waals surface area contributed by atoms with E-state index in [2.05, 4.69) is 5.32 Å². The van der Waals surface area contributed by atoms with Crippen LogP contribution in [-0.2, 0) is 20.2 Å². The van der Waals surface area contributed by atoms with E-state index in [1.165, 1.54) is 12.1 Å². The molecular weight excluding hydrogens is 502 g/mol. The Morgan fingerprint density at radius 1 is 0.892 bits per heavy atom. The van der Waals surface area contributed by atoms with Crippen molar-refractivity contribution in [3.05, 3.63) is 72.3 Å². The Hall–Kier alpha value is -3.50. The molecule has 1 aliphatic carbocycles. The molecule has 0 bridgehead atoms. The van der Waals surface area contributed by atoms with Gasteiger partial charge in [-0.25, -0.2) is 17.2 Å². The number of ether oxygens (including phenoxy) is 2. The number of rotatable bonds is 6. The van der Waals surface area contributed by atoms with E-state index in [1.807, 2.05) is 36.4 Å². The number of hydrogen-bond acceptors (Lipinski definition) is 5. The molecule has 0 radical (unpaired) electrons. The van der Waals surface area contributed by atoms with Crippen molar-refractivity contribution in [1.29, 1.82) is 0 Å². The van der Waals surface area contributed by atoms with Gasteiger partial charge >= 0.3 is 0 Å². The number of halogens is 2. The zero-order valence-corrected chi connectivity index (χ0v) is 20.6. The summed E-state index contributed by atoms with van der Waals surface area (Å²) in [6.45, 7) is -0.828. The van der Waals surface area contributed by atoms with Gasteiger partial charge in [-0.15, -0.1) is 0 Å². The van der Waals surface area contributed by atoms with Crippen LogP contribution in [0.25, 0.3) is 11.1 Å². The van der Waals surface area contributed by atoms with Gasteiger partial charge in [-0.1, -0.05) is 30.3 Å². The fourth-order valence-corrected chi connectivity index (χ4v) is 6.34. The van der Waals surface area contributed by atoms with Crippen molar-refractivity contribution in [2.75, 3.05) is 25.2 Å². The highest BCUT2D eigenvalue weighted by molar-refractivity contribution is 7.89. The fraction of sp³-hybridized carbons (Fsp3) is 0.296. The molecule has 3 aromatic rings. The first-order valence-electron chi connectivity index (χ1n) is 12.0. The van der Waals surface area contributed by atoms with Crippen molar-refractivity contribution < 1.29 is 31.5 Å². The average molecular weight is 527 g/mol. The zero-order valence-electron chi connectivity index (χ0n) is 19.7. The van der Waals surface area contributed by atoms with Gasteiger partial charge in [0.25, 0.3) is 5.92 Å². The van der Waals surface area contributed by atoms with Crippen LogP contribution in [0.5, 0.6) is 11.5 Å². The zero-order chi connectivity index (χ0) is 25.8. The second-order valence-electron chi connectivity index (χ2n) is 9.65. The molecule has 1 amide bonds. The van der Waals surface area contributed by atoms with Crippen molar-refractivity contribution >= 4 is 21.6 Å². The van der Waals surface area contributed by atoms with Gasteiger partial charge < -0.3 is 14.8 Å². The summed E-state index contributed by atoms with van der Waals surface area (Å²) in [5.41, 5.74) is 2.41. The molecule has 2 heterocycles. The summed E-state index contributed by atoms with van der Waals surface area (Å²) in [4.78, 5) is 13.2. The Morgan fingerprint density at radius 2 is 1.65 bits per heavy atom. The number of nitrogens with zero attached hydrogens (tertiary/aromatic N) is 1. The number of benzene rings is 3. The maximum absolute atomic E-state index is 13.5. The molecular formula is C27H24F2N2O5S. The van der Waals surface area contributed by atoms with Gasteiger partial charge in [-0.05, 0) is 65.9 Å². The van der Waals surface area contributed by atoms with Crippen LogP contribution in [0.15, 0.2) is 71.6 Å². The number of fused-ring (bicyclic) bond motifs is 1. The monoisotopic (exact) mass is 526 g/mol. The SMILES string of the molecule is O=C(Nc1cccc(-c2ccc(S(=O)(=O)N3CCC(F)(F)C3)cc2)c1)C1(c2ccc3c(c2)OCO3)CC1. The van der Waals surface area contributed by atoms with E-state index in [-0.39, 0.29) is 24.1 Å². The summed E-state index contributed by atoms with van der Waals surface area (Å²) in [5, 5.41) is 3.02. The fourth-order valence-electron chi connectivity index (χ4n) is 4.87. The Labute approximate surface area is 213 Å².